The fraction of sp³-hybridized carbons (Fsp3) is 0.684. The normalized spacial score (nSPS) is 18.1. The number of hydrogen-bond donors (Lipinski definition) is 1. The van der Waals surface area contributed by atoms with Gasteiger partial charge in [0.1, 0.15) is 6.33 Å². The highest BCUT2D eigenvalue weighted by Gasteiger charge is 2.27. The number of nitrogens with zero attached hydrogens (tertiary/aromatic N) is 5. The third-order valence-electron chi connectivity index (χ3n) is 5.38. The Bertz CT molecular complexity index is 657. The summed E-state index contributed by atoms with van der Waals surface area (Å²) in [5.74, 6) is 1.35. The van der Waals surface area contributed by atoms with E-state index in [9.17, 15) is 9.59 Å². The molecular weight excluding hydrogens is 344 g/mol. The Morgan fingerprint density at radius 3 is 2.74 bits per heavy atom. The minimum Gasteiger partial charge on any atom is -0.367 e. The second-order valence-corrected chi connectivity index (χ2v) is 7.52. The van der Waals surface area contributed by atoms with Gasteiger partial charge < -0.3 is 20.0 Å². The van der Waals surface area contributed by atoms with Gasteiger partial charge in [-0.05, 0) is 25.7 Å². The van der Waals surface area contributed by atoms with Gasteiger partial charge in [-0.15, -0.1) is 0 Å². The van der Waals surface area contributed by atoms with Crippen LogP contribution in [0.25, 0.3) is 0 Å². The number of carbonyl (C=O) groups is 2. The first-order valence-electron chi connectivity index (χ1n) is 9.84. The smallest absolute Gasteiger partial charge is 0.223 e. The van der Waals surface area contributed by atoms with Gasteiger partial charge in [0.2, 0.25) is 11.8 Å². The molecule has 148 valence electrons. The summed E-state index contributed by atoms with van der Waals surface area (Å²) in [6, 6.07) is 0. The van der Waals surface area contributed by atoms with E-state index in [-0.39, 0.29) is 17.7 Å². The summed E-state index contributed by atoms with van der Waals surface area (Å²) in [5.41, 5.74) is 1.02. The van der Waals surface area contributed by atoms with Crippen molar-refractivity contribution in [2.45, 2.75) is 32.1 Å². The van der Waals surface area contributed by atoms with Crippen molar-refractivity contribution < 1.29 is 9.59 Å². The Morgan fingerprint density at radius 1 is 1.30 bits per heavy atom. The number of amides is 2. The standard InChI is InChI=1S/C19H30N6O2/c1-23(2)18-16(13-20-14-22-18)24-11-6-15(7-12-24)19(27)21-8-4-10-25-9-3-5-17(25)26/h13-15H,3-12H2,1-2H3,(H,21,27). The molecular formula is C19H30N6O2. The van der Waals surface area contributed by atoms with Crippen molar-refractivity contribution >= 4 is 23.3 Å². The molecule has 2 aliphatic rings. The van der Waals surface area contributed by atoms with Crippen molar-refractivity contribution in [3.05, 3.63) is 12.5 Å². The Balaban J connectivity index is 1.41. The van der Waals surface area contributed by atoms with Crippen molar-refractivity contribution in [2.24, 2.45) is 5.92 Å². The van der Waals surface area contributed by atoms with E-state index >= 15 is 0 Å². The number of anilines is 2. The SMILES string of the molecule is CN(C)c1ncncc1N1CCC(C(=O)NCCCN2CCCC2=O)CC1. The van der Waals surface area contributed by atoms with E-state index in [2.05, 4.69) is 20.2 Å². The van der Waals surface area contributed by atoms with Crippen LogP contribution in [0.2, 0.25) is 0 Å². The Kier molecular flexibility index (Phi) is 6.47. The molecule has 2 amide bonds. The van der Waals surface area contributed by atoms with E-state index in [1.807, 2.05) is 30.1 Å². The molecule has 3 rings (SSSR count). The fourth-order valence-corrected chi connectivity index (χ4v) is 3.83. The molecule has 3 heterocycles. The molecule has 1 N–H and O–H groups in total. The predicted molar refractivity (Wildman–Crippen MR) is 105 cm³/mol. The average Bonchev–Trinajstić information content (AvgIpc) is 3.10. The van der Waals surface area contributed by atoms with Crippen LogP contribution in [0.15, 0.2) is 12.5 Å². The summed E-state index contributed by atoms with van der Waals surface area (Å²) < 4.78 is 0. The zero-order valence-electron chi connectivity index (χ0n) is 16.4. The molecule has 1 aromatic rings. The number of likely N-dealkylation sites (tertiary alicyclic amines) is 1. The van der Waals surface area contributed by atoms with Crippen LogP contribution in [0.4, 0.5) is 11.5 Å². The first-order valence-corrected chi connectivity index (χ1v) is 9.84. The molecule has 8 nitrogen and oxygen atoms in total. The lowest BCUT2D eigenvalue weighted by atomic mass is 9.95. The lowest BCUT2D eigenvalue weighted by Crippen LogP contribution is -2.41. The number of hydrogen-bond acceptors (Lipinski definition) is 6. The van der Waals surface area contributed by atoms with Gasteiger partial charge in [0, 0.05) is 59.2 Å². The molecule has 1 aromatic heterocycles. The van der Waals surface area contributed by atoms with E-state index < -0.39 is 0 Å². The van der Waals surface area contributed by atoms with Gasteiger partial charge in [-0.2, -0.15) is 0 Å². The van der Waals surface area contributed by atoms with Crippen LogP contribution in [-0.2, 0) is 9.59 Å². The largest absolute Gasteiger partial charge is 0.367 e. The monoisotopic (exact) mass is 374 g/mol. The van der Waals surface area contributed by atoms with E-state index in [1.54, 1.807) is 6.33 Å². The molecule has 0 saturated carbocycles. The van der Waals surface area contributed by atoms with Crippen LogP contribution < -0.4 is 15.1 Å². The van der Waals surface area contributed by atoms with Crippen LogP contribution in [-0.4, -0.2) is 73.5 Å². The van der Waals surface area contributed by atoms with Crippen molar-refractivity contribution in [1.29, 1.82) is 0 Å². The Labute approximate surface area is 160 Å². The first kappa shape index (κ1) is 19.4. The zero-order chi connectivity index (χ0) is 19.2. The lowest BCUT2D eigenvalue weighted by Gasteiger charge is -2.34. The third-order valence-corrected chi connectivity index (χ3v) is 5.38. The van der Waals surface area contributed by atoms with Crippen molar-refractivity contribution in [2.75, 3.05) is 56.6 Å². The van der Waals surface area contributed by atoms with Crippen molar-refractivity contribution in [3.63, 3.8) is 0 Å². The van der Waals surface area contributed by atoms with Gasteiger partial charge >= 0.3 is 0 Å². The third kappa shape index (κ3) is 4.87. The van der Waals surface area contributed by atoms with Gasteiger partial charge in [-0.25, -0.2) is 9.97 Å². The highest BCUT2D eigenvalue weighted by molar-refractivity contribution is 5.79. The first-order chi connectivity index (χ1) is 13.1. The second-order valence-electron chi connectivity index (χ2n) is 7.52. The van der Waals surface area contributed by atoms with Crippen LogP contribution >= 0.6 is 0 Å². The van der Waals surface area contributed by atoms with Crippen LogP contribution in [0.5, 0.6) is 0 Å². The summed E-state index contributed by atoms with van der Waals surface area (Å²) in [5, 5.41) is 3.05. The minimum absolute atomic E-state index is 0.0575. The molecule has 0 bridgehead atoms. The van der Waals surface area contributed by atoms with E-state index in [1.165, 1.54) is 0 Å². The Morgan fingerprint density at radius 2 is 2.07 bits per heavy atom. The molecule has 0 aromatic carbocycles. The van der Waals surface area contributed by atoms with Gasteiger partial charge in [0.05, 0.1) is 11.9 Å². The molecule has 2 saturated heterocycles. The summed E-state index contributed by atoms with van der Waals surface area (Å²) in [4.78, 5) is 38.7. The van der Waals surface area contributed by atoms with Crippen molar-refractivity contribution in [1.82, 2.24) is 20.2 Å². The van der Waals surface area contributed by atoms with Gasteiger partial charge in [0.15, 0.2) is 5.82 Å². The summed E-state index contributed by atoms with van der Waals surface area (Å²) >= 11 is 0. The molecule has 0 radical (unpaired) electrons. The quantitative estimate of drug-likeness (QED) is 0.714. The molecule has 0 unspecified atom stereocenters. The average molecular weight is 374 g/mol. The van der Waals surface area contributed by atoms with E-state index in [0.29, 0.717) is 13.0 Å². The van der Waals surface area contributed by atoms with Crippen LogP contribution in [0.1, 0.15) is 32.1 Å². The van der Waals surface area contributed by atoms with E-state index in [4.69, 9.17) is 0 Å². The molecule has 27 heavy (non-hydrogen) atoms. The van der Waals surface area contributed by atoms with Crippen molar-refractivity contribution in [3.8, 4) is 0 Å². The highest BCUT2D eigenvalue weighted by Crippen LogP contribution is 2.28. The summed E-state index contributed by atoms with van der Waals surface area (Å²) in [6.45, 7) is 3.91. The van der Waals surface area contributed by atoms with E-state index in [0.717, 1.165) is 63.4 Å². The van der Waals surface area contributed by atoms with Gasteiger partial charge in [0.25, 0.3) is 0 Å². The topological polar surface area (TPSA) is 81.7 Å². The number of nitrogens with one attached hydrogen (secondary N) is 1. The minimum atomic E-state index is 0.0575. The van der Waals surface area contributed by atoms with Gasteiger partial charge in [-0.1, -0.05) is 0 Å². The zero-order valence-corrected chi connectivity index (χ0v) is 16.4. The van der Waals surface area contributed by atoms with Crippen LogP contribution in [0.3, 0.4) is 0 Å². The maximum absolute atomic E-state index is 12.4. The number of carbonyl (C=O) groups excluding carboxylic acids is 2. The molecule has 0 aliphatic carbocycles. The van der Waals surface area contributed by atoms with Crippen LogP contribution in [0, 0.1) is 5.92 Å². The summed E-state index contributed by atoms with van der Waals surface area (Å²) in [6.07, 6.45) is 7.54. The summed E-state index contributed by atoms with van der Waals surface area (Å²) in [7, 11) is 3.95. The number of aromatic nitrogens is 2. The molecule has 2 aliphatic heterocycles. The maximum atomic E-state index is 12.4. The lowest BCUT2D eigenvalue weighted by molar-refractivity contribution is -0.127. The number of piperidine rings is 1. The molecule has 0 spiro atoms. The molecule has 2 fully saturated rings. The molecule has 0 atom stereocenters. The number of rotatable bonds is 7. The highest BCUT2D eigenvalue weighted by atomic mass is 16.2. The predicted octanol–water partition coefficient (Wildman–Crippen LogP) is 0.888. The maximum Gasteiger partial charge on any atom is 0.223 e. The molecule has 8 heteroatoms. The Hall–Kier alpha value is -2.38. The second kappa shape index (κ2) is 9.01. The van der Waals surface area contributed by atoms with Gasteiger partial charge in [-0.3, -0.25) is 9.59 Å². The fourth-order valence-electron chi connectivity index (χ4n) is 3.83.